The number of anilines is 1. The van der Waals surface area contributed by atoms with E-state index >= 15 is 0 Å². The Balaban J connectivity index is 0.00000196. The summed E-state index contributed by atoms with van der Waals surface area (Å²) in [5.41, 5.74) is 3.21. The average molecular weight is 389 g/mol. The van der Waals surface area contributed by atoms with Crippen LogP contribution in [0.3, 0.4) is 0 Å². The van der Waals surface area contributed by atoms with Gasteiger partial charge in [0.2, 0.25) is 5.28 Å². The highest BCUT2D eigenvalue weighted by molar-refractivity contribution is 6.28. The van der Waals surface area contributed by atoms with Gasteiger partial charge in [-0.1, -0.05) is 18.2 Å². The van der Waals surface area contributed by atoms with Gasteiger partial charge in [0, 0.05) is 29.0 Å². The maximum atomic E-state index is 6.06. The molecule has 4 rings (SSSR count). The molecule has 26 heavy (non-hydrogen) atoms. The zero-order chi connectivity index (χ0) is 17.2. The van der Waals surface area contributed by atoms with E-state index < -0.39 is 0 Å². The minimum Gasteiger partial charge on any atom is -0.497 e. The fourth-order valence-corrected chi connectivity index (χ4v) is 3.17. The Morgan fingerprint density at radius 3 is 2.81 bits per heavy atom. The van der Waals surface area contributed by atoms with Gasteiger partial charge in [0.1, 0.15) is 11.6 Å². The Bertz CT molecular complexity index is 1050. The van der Waals surface area contributed by atoms with E-state index in [4.69, 9.17) is 16.3 Å². The van der Waals surface area contributed by atoms with Crippen LogP contribution in [-0.2, 0) is 6.42 Å². The standard InChI is InChI=1S/C19H17ClN4O.ClH/c1-25-13-6-7-17-15(10-13)18(24-19(20)23-17)21-9-8-12-11-22-16-5-3-2-4-14(12)16;/h2-7,10-11,22H,8-9H2,1H3,(H,21,23,24);1H. The van der Waals surface area contributed by atoms with Crippen molar-refractivity contribution in [3.05, 3.63) is 59.5 Å². The van der Waals surface area contributed by atoms with Gasteiger partial charge in [-0.2, -0.15) is 0 Å². The zero-order valence-corrected chi connectivity index (χ0v) is 15.7. The van der Waals surface area contributed by atoms with Crippen molar-refractivity contribution < 1.29 is 4.74 Å². The Morgan fingerprint density at radius 1 is 1.12 bits per heavy atom. The quantitative estimate of drug-likeness (QED) is 0.479. The molecule has 2 N–H and O–H groups in total. The van der Waals surface area contributed by atoms with E-state index in [1.807, 2.05) is 24.3 Å². The summed E-state index contributed by atoms with van der Waals surface area (Å²) in [4.78, 5) is 11.9. The number of fused-ring (bicyclic) bond motifs is 2. The van der Waals surface area contributed by atoms with Gasteiger partial charge in [-0.05, 0) is 47.9 Å². The summed E-state index contributed by atoms with van der Waals surface area (Å²) in [7, 11) is 1.64. The Labute approximate surface area is 162 Å². The summed E-state index contributed by atoms with van der Waals surface area (Å²) in [6.45, 7) is 0.738. The minimum atomic E-state index is 0. The molecule has 0 spiro atoms. The highest BCUT2D eigenvalue weighted by atomic mass is 35.5. The molecule has 0 radical (unpaired) electrons. The predicted molar refractivity (Wildman–Crippen MR) is 109 cm³/mol. The van der Waals surface area contributed by atoms with Crippen LogP contribution >= 0.6 is 24.0 Å². The molecular formula is C19H18Cl2N4O. The number of aromatic nitrogens is 3. The lowest BCUT2D eigenvalue weighted by Gasteiger charge is -2.10. The third-order valence-electron chi connectivity index (χ3n) is 4.24. The number of para-hydroxylation sites is 1. The van der Waals surface area contributed by atoms with Gasteiger partial charge >= 0.3 is 0 Å². The molecule has 0 aliphatic heterocycles. The van der Waals surface area contributed by atoms with E-state index in [2.05, 4.69) is 44.7 Å². The molecule has 4 aromatic rings. The molecule has 0 saturated carbocycles. The number of methoxy groups -OCH3 is 1. The van der Waals surface area contributed by atoms with Crippen molar-refractivity contribution in [2.75, 3.05) is 19.0 Å². The number of hydrogen-bond acceptors (Lipinski definition) is 4. The number of nitrogens with zero attached hydrogens (tertiary/aromatic N) is 2. The summed E-state index contributed by atoms with van der Waals surface area (Å²) in [5.74, 6) is 1.48. The smallest absolute Gasteiger partial charge is 0.224 e. The van der Waals surface area contributed by atoms with Crippen molar-refractivity contribution in [3.63, 3.8) is 0 Å². The highest BCUT2D eigenvalue weighted by Gasteiger charge is 2.09. The molecule has 0 aliphatic rings. The van der Waals surface area contributed by atoms with Crippen LogP contribution < -0.4 is 10.1 Å². The van der Waals surface area contributed by atoms with E-state index in [0.29, 0.717) is 5.82 Å². The van der Waals surface area contributed by atoms with Gasteiger partial charge in [0.25, 0.3) is 0 Å². The largest absolute Gasteiger partial charge is 0.497 e. The molecule has 7 heteroatoms. The monoisotopic (exact) mass is 388 g/mol. The predicted octanol–water partition coefficient (Wildman–Crippen LogP) is 4.85. The molecule has 134 valence electrons. The van der Waals surface area contributed by atoms with E-state index in [1.165, 1.54) is 10.9 Å². The first kappa shape index (κ1) is 18.3. The normalized spacial score (nSPS) is 10.7. The van der Waals surface area contributed by atoms with E-state index in [-0.39, 0.29) is 17.7 Å². The van der Waals surface area contributed by atoms with Gasteiger partial charge in [0.15, 0.2) is 0 Å². The third kappa shape index (κ3) is 3.54. The summed E-state index contributed by atoms with van der Waals surface area (Å²) in [5, 5.41) is 5.74. The van der Waals surface area contributed by atoms with Crippen LogP contribution in [0.5, 0.6) is 5.75 Å². The zero-order valence-electron chi connectivity index (χ0n) is 14.1. The number of hydrogen-bond donors (Lipinski definition) is 2. The van der Waals surface area contributed by atoms with Crippen LogP contribution in [0, 0.1) is 0 Å². The number of benzene rings is 2. The molecule has 2 heterocycles. The Kier molecular flexibility index (Phi) is 5.49. The van der Waals surface area contributed by atoms with E-state index in [0.717, 1.165) is 35.1 Å². The Morgan fingerprint density at radius 2 is 1.96 bits per heavy atom. The highest BCUT2D eigenvalue weighted by Crippen LogP contribution is 2.26. The second kappa shape index (κ2) is 7.81. The summed E-state index contributed by atoms with van der Waals surface area (Å²) >= 11 is 6.06. The Hall–Kier alpha value is -2.50. The molecule has 2 aromatic heterocycles. The molecular weight excluding hydrogens is 371 g/mol. The van der Waals surface area contributed by atoms with Crippen molar-refractivity contribution in [3.8, 4) is 5.75 Å². The first-order valence-electron chi connectivity index (χ1n) is 8.05. The minimum absolute atomic E-state index is 0. The maximum absolute atomic E-state index is 6.06. The van der Waals surface area contributed by atoms with Gasteiger partial charge in [-0.3, -0.25) is 0 Å². The van der Waals surface area contributed by atoms with Gasteiger partial charge < -0.3 is 15.0 Å². The molecule has 0 unspecified atom stereocenters. The maximum Gasteiger partial charge on any atom is 0.224 e. The van der Waals surface area contributed by atoms with E-state index in [9.17, 15) is 0 Å². The topological polar surface area (TPSA) is 62.8 Å². The van der Waals surface area contributed by atoms with Crippen LogP contribution in [0.15, 0.2) is 48.7 Å². The van der Waals surface area contributed by atoms with E-state index in [1.54, 1.807) is 7.11 Å². The summed E-state index contributed by atoms with van der Waals surface area (Å²) in [6.07, 6.45) is 2.93. The molecule has 0 amide bonds. The van der Waals surface area contributed by atoms with Crippen LogP contribution in [0.1, 0.15) is 5.56 Å². The van der Waals surface area contributed by atoms with Gasteiger partial charge in [-0.25, -0.2) is 9.97 Å². The number of nitrogens with one attached hydrogen (secondary N) is 2. The molecule has 2 aromatic carbocycles. The van der Waals surface area contributed by atoms with Crippen molar-refractivity contribution >= 4 is 51.6 Å². The lowest BCUT2D eigenvalue weighted by molar-refractivity contribution is 0.415. The molecule has 0 saturated heterocycles. The van der Waals surface area contributed by atoms with Crippen LogP contribution in [0.2, 0.25) is 5.28 Å². The van der Waals surface area contributed by atoms with Crippen LogP contribution in [0.4, 0.5) is 5.82 Å². The molecule has 0 fully saturated rings. The van der Waals surface area contributed by atoms with Crippen molar-refractivity contribution in [2.45, 2.75) is 6.42 Å². The summed E-state index contributed by atoms with van der Waals surface area (Å²) in [6, 6.07) is 14.0. The second-order valence-electron chi connectivity index (χ2n) is 5.76. The fourth-order valence-electron chi connectivity index (χ4n) is 2.99. The fraction of sp³-hybridized carbons (Fsp3) is 0.158. The molecule has 0 aliphatic carbocycles. The third-order valence-corrected chi connectivity index (χ3v) is 4.41. The SMILES string of the molecule is COc1ccc2nc(Cl)nc(NCCc3c[nH]c4ccccc34)c2c1.Cl. The lowest BCUT2D eigenvalue weighted by Crippen LogP contribution is -2.07. The van der Waals surface area contributed by atoms with Crippen LogP contribution in [-0.4, -0.2) is 28.6 Å². The number of ether oxygens (including phenoxy) is 1. The molecule has 5 nitrogen and oxygen atoms in total. The second-order valence-corrected chi connectivity index (χ2v) is 6.10. The average Bonchev–Trinajstić information content (AvgIpc) is 3.04. The van der Waals surface area contributed by atoms with Crippen molar-refractivity contribution in [1.29, 1.82) is 0 Å². The molecule has 0 atom stereocenters. The van der Waals surface area contributed by atoms with Gasteiger partial charge in [0.05, 0.1) is 12.6 Å². The number of H-pyrrole nitrogens is 1. The molecule has 0 bridgehead atoms. The first-order chi connectivity index (χ1) is 12.2. The lowest BCUT2D eigenvalue weighted by atomic mass is 10.1. The van der Waals surface area contributed by atoms with Crippen LogP contribution in [0.25, 0.3) is 21.8 Å². The van der Waals surface area contributed by atoms with Crippen molar-refractivity contribution in [1.82, 2.24) is 15.0 Å². The number of rotatable bonds is 5. The summed E-state index contributed by atoms with van der Waals surface area (Å²) < 4.78 is 5.30. The number of halogens is 2. The first-order valence-corrected chi connectivity index (χ1v) is 8.42. The van der Waals surface area contributed by atoms with Gasteiger partial charge in [-0.15, -0.1) is 12.4 Å². The van der Waals surface area contributed by atoms with Crippen molar-refractivity contribution in [2.24, 2.45) is 0 Å². The number of aromatic amines is 1.